The quantitative estimate of drug-likeness (QED) is 0.714. The molecule has 1 aromatic carbocycles. The van der Waals surface area contributed by atoms with Crippen LogP contribution in [-0.2, 0) is 18.6 Å². The van der Waals surface area contributed by atoms with Crippen LogP contribution in [-0.4, -0.2) is 46.0 Å². The summed E-state index contributed by atoms with van der Waals surface area (Å²) in [6.45, 7) is 5.11. The summed E-state index contributed by atoms with van der Waals surface area (Å²) in [6, 6.07) is 14.7. The van der Waals surface area contributed by atoms with E-state index in [2.05, 4.69) is 64.0 Å². The van der Waals surface area contributed by atoms with Gasteiger partial charge in [-0.3, -0.25) is 9.80 Å². The smallest absolute Gasteiger partial charge is 0.129 e. The van der Waals surface area contributed by atoms with Gasteiger partial charge in [0.15, 0.2) is 0 Å². The van der Waals surface area contributed by atoms with E-state index in [0.717, 1.165) is 51.3 Å². The molecule has 5 rings (SSSR count). The first-order chi connectivity index (χ1) is 13.3. The van der Waals surface area contributed by atoms with Crippen molar-refractivity contribution in [3.8, 4) is 11.3 Å². The lowest BCUT2D eigenvalue weighted by Crippen LogP contribution is -2.56. The van der Waals surface area contributed by atoms with E-state index in [1.54, 1.807) is 6.26 Å². The number of likely N-dealkylation sites (N-methyl/N-ethyl adjacent to an activating group) is 1. The predicted octanol–water partition coefficient (Wildman–Crippen LogP) is 3.58. The molecule has 0 unspecified atom stereocenters. The lowest BCUT2D eigenvalue weighted by molar-refractivity contribution is 0.00549. The minimum Gasteiger partial charge on any atom is -0.468 e. The van der Waals surface area contributed by atoms with Crippen LogP contribution in [0.5, 0.6) is 0 Å². The topological polar surface area (TPSA) is 37.4 Å². The maximum atomic E-state index is 5.53. The fourth-order valence-electron chi connectivity index (χ4n) is 4.76. The Morgan fingerprint density at radius 3 is 2.56 bits per heavy atom. The van der Waals surface area contributed by atoms with Crippen molar-refractivity contribution in [3.05, 3.63) is 66.5 Å². The maximum Gasteiger partial charge on any atom is 0.129 e. The Balaban J connectivity index is 1.42. The molecular weight excluding hydrogens is 336 g/mol. The Bertz CT molecular complexity index is 892. The van der Waals surface area contributed by atoms with E-state index >= 15 is 0 Å². The summed E-state index contributed by atoms with van der Waals surface area (Å²) in [5.41, 5.74) is 2.55. The number of benzene rings is 1. The van der Waals surface area contributed by atoms with Crippen LogP contribution in [0.3, 0.4) is 0 Å². The average Bonchev–Trinajstić information content (AvgIpc) is 3.37. The second-order valence-electron chi connectivity index (χ2n) is 7.79. The SMILES string of the molecule is CN1CCn2c(-c3ccccc3)cnc2C12CCN(Cc1ccco1)CC2. The number of hydrogen-bond acceptors (Lipinski definition) is 4. The van der Waals surface area contributed by atoms with Gasteiger partial charge in [-0.2, -0.15) is 0 Å². The second kappa shape index (κ2) is 6.66. The van der Waals surface area contributed by atoms with Crippen molar-refractivity contribution in [2.75, 3.05) is 26.7 Å². The summed E-state index contributed by atoms with van der Waals surface area (Å²) in [4.78, 5) is 9.98. The van der Waals surface area contributed by atoms with Crippen LogP contribution in [0.25, 0.3) is 11.3 Å². The van der Waals surface area contributed by atoms with Gasteiger partial charge in [-0.1, -0.05) is 30.3 Å². The van der Waals surface area contributed by atoms with Gasteiger partial charge in [0.2, 0.25) is 0 Å². The average molecular weight is 362 g/mol. The summed E-state index contributed by atoms with van der Waals surface area (Å²) < 4.78 is 7.99. The molecule has 5 nitrogen and oxygen atoms in total. The Morgan fingerprint density at radius 2 is 1.81 bits per heavy atom. The largest absolute Gasteiger partial charge is 0.468 e. The zero-order chi connectivity index (χ0) is 18.3. The summed E-state index contributed by atoms with van der Waals surface area (Å²) in [5, 5.41) is 0. The van der Waals surface area contributed by atoms with Gasteiger partial charge in [-0.05, 0) is 37.6 Å². The van der Waals surface area contributed by atoms with Gasteiger partial charge < -0.3 is 8.98 Å². The molecule has 0 amide bonds. The molecule has 1 spiro atoms. The first kappa shape index (κ1) is 16.8. The molecule has 5 heteroatoms. The molecule has 2 aromatic heterocycles. The van der Waals surface area contributed by atoms with E-state index in [1.807, 2.05) is 6.07 Å². The van der Waals surface area contributed by atoms with E-state index in [1.165, 1.54) is 17.1 Å². The zero-order valence-electron chi connectivity index (χ0n) is 15.8. The van der Waals surface area contributed by atoms with Gasteiger partial charge in [0.05, 0.1) is 30.2 Å². The number of imidazole rings is 1. The van der Waals surface area contributed by atoms with Crippen LogP contribution in [0.2, 0.25) is 0 Å². The fraction of sp³-hybridized carbons (Fsp3) is 0.409. The highest BCUT2D eigenvalue weighted by atomic mass is 16.3. The van der Waals surface area contributed by atoms with Crippen LogP contribution in [0, 0.1) is 0 Å². The third-order valence-electron chi connectivity index (χ3n) is 6.37. The second-order valence-corrected chi connectivity index (χ2v) is 7.79. The van der Waals surface area contributed by atoms with E-state index in [9.17, 15) is 0 Å². The summed E-state index contributed by atoms with van der Waals surface area (Å²) in [5.74, 6) is 2.29. The van der Waals surface area contributed by atoms with E-state index in [0.29, 0.717) is 0 Å². The van der Waals surface area contributed by atoms with Gasteiger partial charge in [0, 0.05) is 26.2 Å². The van der Waals surface area contributed by atoms with Crippen molar-refractivity contribution in [1.29, 1.82) is 0 Å². The highest BCUT2D eigenvalue weighted by Crippen LogP contribution is 2.41. The van der Waals surface area contributed by atoms with Crippen LogP contribution < -0.4 is 0 Å². The van der Waals surface area contributed by atoms with Gasteiger partial charge >= 0.3 is 0 Å². The van der Waals surface area contributed by atoms with Crippen molar-refractivity contribution in [1.82, 2.24) is 19.4 Å². The van der Waals surface area contributed by atoms with E-state index in [4.69, 9.17) is 9.40 Å². The number of aromatic nitrogens is 2. The first-order valence-corrected chi connectivity index (χ1v) is 9.84. The highest BCUT2D eigenvalue weighted by molar-refractivity contribution is 5.59. The number of piperidine rings is 1. The van der Waals surface area contributed by atoms with Crippen molar-refractivity contribution in [3.63, 3.8) is 0 Å². The number of likely N-dealkylation sites (tertiary alicyclic amines) is 1. The van der Waals surface area contributed by atoms with Crippen molar-refractivity contribution in [2.45, 2.75) is 31.5 Å². The molecule has 0 saturated carbocycles. The van der Waals surface area contributed by atoms with Crippen LogP contribution in [0.15, 0.2) is 59.3 Å². The van der Waals surface area contributed by atoms with Crippen molar-refractivity contribution in [2.24, 2.45) is 0 Å². The molecular formula is C22H26N4O. The van der Waals surface area contributed by atoms with Gasteiger partial charge in [0.25, 0.3) is 0 Å². The van der Waals surface area contributed by atoms with Crippen LogP contribution >= 0.6 is 0 Å². The number of rotatable bonds is 3. The Morgan fingerprint density at radius 1 is 1.00 bits per heavy atom. The number of furan rings is 1. The highest BCUT2D eigenvalue weighted by Gasteiger charge is 2.45. The molecule has 0 bridgehead atoms. The molecule has 2 aliphatic rings. The maximum absolute atomic E-state index is 5.53. The predicted molar refractivity (Wildman–Crippen MR) is 105 cm³/mol. The molecule has 0 N–H and O–H groups in total. The molecule has 140 valence electrons. The fourth-order valence-corrected chi connectivity index (χ4v) is 4.76. The lowest BCUT2D eigenvalue weighted by Gasteiger charge is -2.49. The van der Waals surface area contributed by atoms with Gasteiger partial charge in [-0.15, -0.1) is 0 Å². The summed E-state index contributed by atoms with van der Waals surface area (Å²) in [7, 11) is 2.27. The minimum atomic E-state index is 0.0466. The third kappa shape index (κ3) is 2.82. The first-order valence-electron chi connectivity index (χ1n) is 9.84. The Kier molecular flexibility index (Phi) is 4.14. The molecule has 0 radical (unpaired) electrons. The third-order valence-corrected chi connectivity index (χ3v) is 6.37. The molecule has 4 heterocycles. The van der Waals surface area contributed by atoms with Crippen LogP contribution in [0.4, 0.5) is 0 Å². The molecule has 1 saturated heterocycles. The van der Waals surface area contributed by atoms with Crippen molar-refractivity contribution >= 4 is 0 Å². The Labute approximate surface area is 160 Å². The van der Waals surface area contributed by atoms with Crippen molar-refractivity contribution < 1.29 is 4.42 Å². The van der Waals surface area contributed by atoms with Gasteiger partial charge in [0.1, 0.15) is 11.6 Å². The number of fused-ring (bicyclic) bond motifs is 2. The summed E-state index contributed by atoms with van der Waals surface area (Å²) >= 11 is 0. The molecule has 1 fully saturated rings. The van der Waals surface area contributed by atoms with Gasteiger partial charge in [-0.25, -0.2) is 4.98 Å². The molecule has 27 heavy (non-hydrogen) atoms. The monoisotopic (exact) mass is 362 g/mol. The molecule has 0 aliphatic carbocycles. The molecule has 2 aliphatic heterocycles. The van der Waals surface area contributed by atoms with Crippen LogP contribution in [0.1, 0.15) is 24.4 Å². The zero-order valence-corrected chi connectivity index (χ0v) is 15.8. The Hall–Kier alpha value is -2.37. The summed E-state index contributed by atoms with van der Waals surface area (Å²) in [6.07, 6.45) is 6.04. The van der Waals surface area contributed by atoms with E-state index < -0.39 is 0 Å². The molecule has 0 atom stereocenters. The van der Waals surface area contributed by atoms with E-state index in [-0.39, 0.29) is 5.54 Å². The number of hydrogen-bond donors (Lipinski definition) is 0. The standard InChI is InChI=1S/C22H26N4O/c1-24-13-14-26-20(18-6-3-2-4-7-18)16-23-21(26)22(24)9-11-25(12-10-22)17-19-8-5-15-27-19/h2-8,15-16H,9-14,17H2,1H3. The lowest BCUT2D eigenvalue weighted by atomic mass is 9.83. The minimum absolute atomic E-state index is 0.0466. The number of nitrogens with zero attached hydrogens (tertiary/aromatic N) is 4. The normalized spacial score (nSPS) is 20.0. The molecule has 3 aromatic rings.